The Morgan fingerprint density at radius 3 is 2.90 bits per heavy atom. The first-order valence-corrected chi connectivity index (χ1v) is 6.27. The Morgan fingerprint density at radius 2 is 2.14 bits per heavy atom. The van der Waals surface area contributed by atoms with Crippen molar-refractivity contribution in [2.24, 2.45) is 0 Å². The number of nitriles is 1. The van der Waals surface area contributed by atoms with Crippen LogP contribution in [0.1, 0.15) is 11.3 Å². The second-order valence-corrected chi connectivity index (χ2v) is 4.54. The number of hydrogen-bond acceptors (Lipinski definition) is 4. The van der Waals surface area contributed by atoms with E-state index < -0.39 is 4.92 Å². The van der Waals surface area contributed by atoms with Crippen molar-refractivity contribution >= 4 is 16.6 Å². The molecule has 21 heavy (non-hydrogen) atoms. The average Bonchev–Trinajstić information content (AvgIpc) is 2.91. The van der Waals surface area contributed by atoms with Gasteiger partial charge in [-0.25, -0.2) is 4.98 Å². The SMILES string of the molecule is N#Cc1ncccc1Cn1ccc2cccc([N+](=O)[O-])c21. The van der Waals surface area contributed by atoms with Gasteiger partial charge in [0.2, 0.25) is 0 Å². The number of rotatable bonds is 3. The van der Waals surface area contributed by atoms with Gasteiger partial charge in [-0.2, -0.15) is 5.26 Å². The van der Waals surface area contributed by atoms with Gasteiger partial charge >= 0.3 is 0 Å². The molecule has 102 valence electrons. The van der Waals surface area contributed by atoms with E-state index in [-0.39, 0.29) is 5.69 Å². The molecule has 0 atom stereocenters. The summed E-state index contributed by atoms with van der Waals surface area (Å²) in [5.74, 6) is 0. The third kappa shape index (κ3) is 2.21. The van der Waals surface area contributed by atoms with Crippen molar-refractivity contribution in [2.75, 3.05) is 0 Å². The van der Waals surface area contributed by atoms with Gasteiger partial charge in [0.25, 0.3) is 5.69 Å². The number of pyridine rings is 1. The molecule has 0 fully saturated rings. The maximum atomic E-state index is 11.2. The molecule has 0 saturated carbocycles. The summed E-state index contributed by atoms with van der Waals surface area (Å²) < 4.78 is 1.77. The molecular weight excluding hydrogens is 268 g/mol. The molecule has 0 radical (unpaired) electrons. The van der Waals surface area contributed by atoms with Crippen LogP contribution in [0.5, 0.6) is 0 Å². The number of hydrogen-bond donors (Lipinski definition) is 0. The Labute approximate surface area is 120 Å². The molecule has 0 unspecified atom stereocenters. The molecule has 6 nitrogen and oxygen atoms in total. The predicted octanol–water partition coefficient (Wildman–Crippen LogP) is 2.86. The lowest BCUT2D eigenvalue weighted by Crippen LogP contribution is -2.03. The average molecular weight is 278 g/mol. The zero-order chi connectivity index (χ0) is 14.8. The highest BCUT2D eigenvalue weighted by molar-refractivity contribution is 5.88. The second-order valence-electron chi connectivity index (χ2n) is 4.54. The van der Waals surface area contributed by atoms with Crippen molar-refractivity contribution < 1.29 is 4.92 Å². The van der Waals surface area contributed by atoms with Crippen LogP contribution in [0.15, 0.2) is 48.8 Å². The van der Waals surface area contributed by atoms with Crippen molar-refractivity contribution in [3.8, 4) is 6.07 Å². The summed E-state index contributed by atoms with van der Waals surface area (Å²) in [5.41, 5.74) is 1.67. The molecule has 3 aromatic rings. The van der Waals surface area contributed by atoms with E-state index in [1.54, 1.807) is 35.2 Å². The van der Waals surface area contributed by atoms with E-state index >= 15 is 0 Å². The summed E-state index contributed by atoms with van der Waals surface area (Å²) in [6, 6.07) is 12.4. The van der Waals surface area contributed by atoms with Gasteiger partial charge in [-0.15, -0.1) is 0 Å². The Bertz CT molecular complexity index is 877. The molecule has 0 bridgehead atoms. The maximum Gasteiger partial charge on any atom is 0.293 e. The maximum absolute atomic E-state index is 11.2. The van der Waals surface area contributed by atoms with Gasteiger partial charge in [-0.05, 0) is 12.1 Å². The minimum Gasteiger partial charge on any atom is -0.337 e. The first-order valence-electron chi connectivity index (χ1n) is 6.27. The van der Waals surface area contributed by atoms with E-state index in [0.717, 1.165) is 10.9 Å². The molecule has 2 aromatic heterocycles. The van der Waals surface area contributed by atoms with Crippen LogP contribution in [-0.2, 0) is 6.54 Å². The van der Waals surface area contributed by atoms with E-state index in [2.05, 4.69) is 4.98 Å². The summed E-state index contributed by atoms with van der Waals surface area (Å²) in [5, 5.41) is 21.0. The lowest BCUT2D eigenvalue weighted by atomic mass is 10.2. The van der Waals surface area contributed by atoms with Gasteiger partial charge in [-0.3, -0.25) is 10.1 Å². The van der Waals surface area contributed by atoms with E-state index in [0.29, 0.717) is 17.8 Å². The molecule has 1 aromatic carbocycles. The Kier molecular flexibility index (Phi) is 3.09. The van der Waals surface area contributed by atoms with Gasteiger partial charge in [0.15, 0.2) is 0 Å². The lowest BCUT2D eigenvalue weighted by molar-refractivity contribution is -0.383. The molecule has 0 N–H and O–H groups in total. The first kappa shape index (κ1) is 12.8. The second kappa shape index (κ2) is 5.06. The van der Waals surface area contributed by atoms with Crippen LogP contribution < -0.4 is 0 Å². The molecular formula is C15H10N4O2. The number of nitro groups is 1. The normalized spacial score (nSPS) is 10.4. The van der Waals surface area contributed by atoms with Gasteiger partial charge in [0.05, 0.1) is 11.5 Å². The van der Waals surface area contributed by atoms with Gasteiger partial charge in [0, 0.05) is 29.4 Å². The highest BCUT2D eigenvalue weighted by Gasteiger charge is 2.16. The topological polar surface area (TPSA) is 84.8 Å². The third-order valence-corrected chi connectivity index (χ3v) is 3.30. The van der Waals surface area contributed by atoms with Crippen LogP contribution in [0.4, 0.5) is 5.69 Å². The molecule has 6 heteroatoms. The van der Waals surface area contributed by atoms with Crippen molar-refractivity contribution in [2.45, 2.75) is 6.54 Å². The van der Waals surface area contributed by atoms with E-state index in [1.165, 1.54) is 6.07 Å². The standard InChI is InChI=1S/C15H10N4O2/c16-9-13-12(4-2-7-17-13)10-18-8-6-11-3-1-5-14(15(11)18)19(20)21/h1-8H,10H2. The number of fused-ring (bicyclic) bond motifs is 1. The van der Waals surface area contributed by atoms with Crippen LogP contribution in [-0.4, -0.2) is 14.5 Å². The van der Waals surface area contributed by atoms with Crippen LogP contribution >= 0.6 is 0 Å². The smallest absolute Gasteiger partial charge is 0.293 e. The highest BCUT2D eigenvalue weighted by Crippen LogP contribution is 2.27. The summed E-state index contributed by atoms with van der Waals surface area (Å²) in [6.45, 7) is 0.366. The number of benzene rings is 1. The van der Waals surface area contributed by atoms with Crippen molar-refractivity contribution in [1.29, 1.82) is 5.26 Å². The van der Waals surface area contributed by atoms with E-state index in [9.17, 15) is 10.1 Å². The highest BCUT2D eigenvalue weighted by atomic mass is 16.6. The molecule has 0 aliphatic carbocycles. The zero-order valence-electron chi connectivity index (χ0n) is 10.9. The summed E-state index contributed by atoms with van der Waals surface area (Å²) in [6.07, 6.45) is 3.34. The van der Waals surface area contributed by atoms with E-state index in [1.807, 2.05) is 18.2 Å². The van der Waals surface area contributed by atoms with Crippen molar-refractivity contribution in [3.63, 3.8) is 0 Å². The predicted molar refractivity (Wildman–Crippen MR) is 76.6 cm³/mol. The number of nitrogens with zero attached hydrogens (tertiary/aromatic N) is 4. The Morgan fingerprint density at radius 1 is 1.29 bits per heavy atom. The largest absolute Gasteiger partial charge is 0.337 e. The number of aromatic nitrogens is 2. The molecule has 3 rings (SSSR count). The fourth-order valence-corrected chi connectivity index (χ4v) is 2.37. The fraction of sp³-hybridized carbons (Fsp3) is 0.0667. The molecule has 0 amide bonds. The first-order chi connectivity index (χ1) is 10.2. The molecule has 2 heterocycles. The number of nitro benzene ring substituents is 1. The molecule has 0 aliphatic heterocycles. The summed E-state index contributed by atoms with van der Waals surface area (Å²) in [7, 11) is 0. The van der Waals surface area contributed by atoms with Crippen molar-refractivity contribution in [1.82, 2.24) is 9.55 Å². The summed E-state index contributed by atoms with van der Waals surface area (Å²) >= 11 is 0. The van der Waals surface area contributed by atoms with Gasteiger partial charge < -0.3 is 4.57 Å². The fourth-order valence-electron chi connectivity index (χ4n) is 2.37. The Balaban J connectivity index is 2.14. The van der Waals surface area contributed by atoms with Crippen LogP contribution in [0, 0.1) is 21.4 Å². The minimum absolute atomic E-state index is 0.0555. The quantitative estimate of drug-likeness (QED) is 0.544. The summed E-state index contributed by atoms with van der Waals surface area (Å²) in [4.78, 5) is 14.8. The lowest BCUT2D eigenvalue weighted by Gasteiger charge is -2.07. The van der Waals surface area contributed by atoms with Crippen molar-refractivity contribution in [3.05, 3.63) is 70.2 Å². The van der Waals surface area contributed by atoms with Gasteiger partial charge in [0.1, 0.15) is 17.3 Å². The van der Waals surface area contributed by atoms with Crippen LogP contribution in [0.25, 0.3) is 10.9 Å². The Hall–Kier alpha value is -3.20. The zero-order valence-corrected chi connectivity index (χ0v) is 10.9. The van der Waals surface area contributed by atoms with E-state index in [4.69, 9.17) is 5.26 Å². The molecule has 0 aliphatic rings. The number of para-hydroxylation sites is 1. The van der Waals surface area contributed by atoms with Gasteiger partial charge in [-0.1, -0.05) is 18.2 Å². The minimum atomic E-state index is -0.396. The van der Waals surface area contributed by atoms with Crippen LogP contribution in [0.2, 0.25) is 0 Å². The third-order valence-electron chi connectivity index (χ3n) is 3.30. The molecule has 0 saturated heterocycles. The van der Waals surface area contributed by atoms with Crippen LogP contribution in [0.3, 0.4) is 0 Å². The number of non-ortho nitro benzene ring substituents is 1. The monoisotopic (exact) mass is 278 g/mol. The molecule has 0 spiro atoms.